The van der Waals surface area contributed by atoms with Crippen molar-refractivity contribution in [3.8, 4) is 5.82 Å². The van der Waals surface area contributed by atoms with Crippen molar-refractivity contribution in [1.29, 1.82) is 0 Å². The molecule has 1 fully saturated rings. The van der Waals surface area contributed by atoms with Gasteiger partial charge in [0.1, 0.15) is 5.82 Å². The highest BCUT2D eigenvalue weighted by Gasteiger charge is 2.22. The number of hydrogen-bond donors (Lipinski definition) is 2. The van der Waals surface area contributed by atoms with E-state index in [0.29, 0.717) is 18.1 Å². The molecule has 1 aliphatic heterocycles. The van der Waals surface area contributed by atoms with Crippen LogP contribution < -0.4 is 10.6 Å². The second kappa shape index (κ2) is 12.0. The molecule has 0 unspecified atom stereocenters. The van der Waals surface area contributed by atoms with Crippen LogP contribution in [0.2, 0.25) is 0 Å². The maximum atomic E-state index is 13.2. The molecule has 4 heterocycles. The fraction of sp³-hybridized carbons (Fsp3) is 0.200. The number of hydrogen-bond acceptors (Lipinski definition) is 6. The van der Waals surface area contributed by atoms with Crippen molar-refractivity contribution < 1.29 is 4.79 Å². The van der Waals surface area contributed by atoms with Gasteiger partial charge in [-0.2, -0.15) is 0 Å². The molecule has 8 nitrogen and oxygen atoms in total. The van der Waals surface area contributed by atoms with Gasteiger partial charge >= 0.3 is 0 Å². The number of likely N-dealkylation sites (tertiary alicyclic amines) is 1. The highest BCUT2D eigenvalue weighted by molar-refractivity contribution is 5.93. The van der Waals surface area contributed by atoms with Crippen LogP contribution in [0.1, 0.15) is 24.0 Å². The van der Waals surface area contributed by atoms with Crippen molar-refractivity contribution in [2.75, 3.05) is 18.4 Å². The van der Waals surface area contributed by atoms with E-state index in [1.165, 1.54) is 5.56 Å². The molecule has 0 aliphatic carbocycles. The monoisotopic (exact) mass is 567 g/mol. The van der Waals surface area contributed by atoms with E-state index in [4.69, 9.17) is 0 Å². The Bertz CT molecular complexity index is 1850. The molecule has 1 amide bonds. The Kier molecular flexibility index (Phi) is 7.50. The fourth-order valence-electron chi connectivity index (χ4n) is 5.97. The second-order valence-electron chi connectivity index (χ2n) is 11.1. The van der Waals surface area contributed by atoms with Gasteiger partial charge in [-0.15, -0.1) is 10.2 Å². The van der Waals surface area contributed by atoms with Crippen molar-refractivity contribution in [3.63, 3.8) is 0 Å². The summed E-state index contributed by atoms with van der Waals surface area (Å²) in [5, 5.41) is 18.7. The number of nitrogens with one attached hydrogen (secondary N) is 2. The molecule has 3 aromatic carbocycles. The molecule has 8 heteroatoms. The quantitative estimate of drug-likeness (QED) is 0.233. The minimum atomic E-state index is 0.0534. The number of benzene rings is 3. The smallest absolute Gasteiger partial charge is 0.224 e. The largest absolute Gasteiger partial charge is 0.353 e. The zero-order valence-corrected chi connectivity index (χ0v) is 23.9. The third-order valence-corrected chi connectivity index (χ3v) is 8.16. The van der Waals surface area contributed by atoms with Crippen LogP contribution in [0.4, 0.5) is 11.6 Å². The molecule has 1 saturated heterocycles. The number of pyridine rings is 1. The van der Waals surface area contributed by atoms with E-state index in [-0.39, 0.29) is 11.9 Å². The normalized spacial score (nSPS) is 14.2. The van der Waals surface area contributed by atoms with Crippen molar-refractivity contribution >= 4 is 39.2 Å². The van der Waals surface area contributed by atoms with Crippen molar-refractivity contribution in [1.82, 2.24) is 30.0 Å². The summed E-state index contributed by atoms with van der Waals surface area (Å²) in [5.41, 5.74) is 3.29. The Morgan fingerprint density at radius 3 is 2.40 bits per heavy atom. The van der Waals surface area contributed by atoms with Crippen molar-refractivity contribution in [3.05, 3.63) is 121 Å². The number of rotatable bonds is 8. The number of carbonyl (C=O) groups is 1. The number of amides is 1. The lowest BCUT2D eigenvalue weighted by Crippen LogP contribution is -2.44. The van der Waals surface area contributed by atoms with Crippen LogP contribution in [0, 0.1) is 0 Å². The fourth-order valence-corrected chi connectivity index (χ4v) is 5.97. The molecule has 0 radical (unpaired) electrons. The molecule has 7 rings (SSSR count). The second-order valence-corrected chi connectivity index (χ2v) is 11.1. The maximum Gasteiger partial charge on any atom is 0.224 e. The molecule has 2 N–H and O–H groups in total. The predicted octanol–water partition coefficient (Wildman–Crippen LogP) is 6.04. The lowest BCUT2D eigenvalue weighted by molar-refractivity contribution is -0.121. The highest BCUT2D eigenvalue weighted by atomic mass is 16.1. The number of aromatic nitrogens is 4. The summed E-state index contributed by atoms with van der Waals surface area (Å²) in [6.45, 7) is 2.93. The number of anilines is 2. The Morgan fingerprint density at radius 1 is 0.814 bits per heavy atom. The van der Waals surface area contributed by atoms with Crippen LogP contribution >= 0.6 is 0 Å². The highest BCUT2D eigenvalue weighted by Crippen LogP contribution is 2.26. The summed E-state index contributed by atoms with van der Waals surface area (Å²) in [6, 6.07) is 32.8. The van der Waals surface area contributed by atoms with E-state index in [1.54, 1.807) is 6.20 Å². The number of nitrogens with zero attached hydrogens (tertiary/aromatic N) is 5. The van der Waals surface area contributed by atoms with Crippen LogP contribution in [0.25, 0.3) is 27.5 Å². The van der Waals surface area contributed by atoms with Crippen molar-refractivity contribution in [2.45, 2.75) is 31.8 Å². The van der Waals surface area contributed by atoms with Gasteiger partial charge < -0.3 is 10.6 Å². The molecule has 0 atom stereocenters. The van der Waals surface area contributed by atoms with Gasteiger partial charge in [0, 0.05) is 48.8 Å². The van der Waals surface area contributed by atoms with Gasteiger partial charge in [-0.3, -0.25) is 14.3 Å². The van der Waals surface area contributed by atoms with Gasteiger partial charge in [0.15, 0.2) is 11.6 Å². The number of piperidine rings is 1. The molecule has 0 saturated carbocycles. The van der Waals surface area contributed by atoms with Crippen molar-refractivity contribution in [2.24, 2.45) is 0 Å². The molecule has 1 aliphatic rings. The summed E-state index contributed by atoms with van der Waals surface area (Å²) in [4.78, 5) is 20.1. The van der Waals surface area contributed by atoms with Crippen LogP contribution in [0.15, 0.2) is 109 Å². The first-order chi connectivity index (χ1) is 21.2. The van der Waals surface area contributed by atoms with Gasteiger partial charge in [-0.1, -0.05) is 72.8 Å². The Balaban J connectivity index is 1.02. The number of para-hydroxylation sites is 1. The Morgan fingerprint density at radius 2 is 1.58 bits per heavy atom. The molecule has 3 aromatic heterocycles. The first-order valence-electron chi connectivity index (χ1n) is 14.8. The molecule has 214 valence electrons. The third kappa shape index (κ3) is 5.96. The predicted molar refractivity (Wildman–Crippen MR) is 170 cm³/mol. The van der Waals surface area contributed by atoms with E-state index in [0.717, 1.165) is 65.5 Å². The molecular weight excluding hydrogens is 534 g/mol. The van der Waals surface area contributed by atoms with Crippen LogP contribution in [-0.2, 0) is 17.8 Å². The van der Waals surface area contributed by atoms with Crippen LogP contribution in [-0.4, -0.2) is 49.7 Å². The Labute approximate surface area is 250 Å². The number of fused-ring (bicyclic) bond motifs is 2. The van der Waals surface area contributed by atoms with Gasteiger partial charge in [0.25, 0.3) is 0 Å². The topological polar surface area (TPSA) is 88.0 Å². The third-order valence-electron chi connectivity index (χ3n) is 8.16. The van der Waals surface area contributed by atoms with Gasteiger partial charge in [-0.25, -0.2) is 4.98 Å². The van der Waals surface area contributed by atoms with E-state index < -0.39 is 0 Å². The maximum absolute atomic E-state index is 13.2. The average molecular weight is 568 g/mol. The van der Waals surface area contributed by atoms with E-state index in [9.17, 15) is 4.79 Å². The van der Waals surface area contributed by atoms with Gasteiger partial charge in [-0.05, 0) is 53.6 Å². The van der Waals surface area contributed by atoms with E-state index >= 15 is 0 Å². The summed E-state index contributed by atoms with van der Waals surface area (Å²) in [7, 11) is 0. The molecule has 43 heavy (non-hydrogen) atoms. The lowest BCUT2D eigenvalue weighted by Gasteiger charge is -2.32. The lowest BCUT2D eigenvalue weighted by atomic mass is 10.0. The minimum absolute atomic E-state index is 0.0534. The van der Waals surface area contributed by atoms with Crippen LogP contribution in [0.3, 0.4) is 0 Å². The zero-order valence-electron chi connectivity index (χ0n) is 23.9. The summed E-state index contributed by atoms with van der Waals surface area (Å²) < 4.78 is 2.01. The summed E-state index contributed by atoms with van der Waals surface area (Å²) in [6.07, 6.45) is 6.04. The molecule has 6 aromatic rings. The first-order valence-corrected chi connectivity index (χ1v) is 14.8. The molecule has 0 spiro atoms. The van der Waals surface area contributed by atoms with E-state index in [2.05, 4.69) is 73.2 Å². The first kappa shape index (κ1) is 26.8. The van der Waals surface area contributed by atoms with Gasteiger partial charge in [0.2, 0.25) is 5.91 Å². The number of carbonyl (C=O) groups excluding carboxylic acids is 1. The standard InChI is InChI=1S/C35H33N7O/c43-34(37-28-17-20-41(21-18-28)23-25-8-2-1-3-9-25)22-27-24-42(31-13-7-6-11-29(27)31)33-15-14-32(39-40-33)38-35-30-12-5-4-10-26(30)16-19-36-35/h1-16,19,24,28H,17-18,20-23H2,(H,37,43)(H,36,38,39). The summed E-state index contributed by atoms with van der Waals surface area (Å²) in [5.74, 6) is 2.09. The van der Waals surface area contributed by atoms with E-state index in [1.807, 2.05) is 65.4 Å². The average Bonchev–Trinajstić information content (AvgIpc) is 3.41. The minimum Gasteiger partial charge on any atom is -0.353 e. The Hall–Kier alpha value is -5.08. The zero-order chi connectivity index (χ0) is 29.0. The summed E-state index contributed by atoms with van der Waals surface area (Å²) >= 11 is 0. The SMILES string of the molecule is O=C(Cc1cn(-c2ccc(Nc3nccc4ccccc34)nn2)c2ccccc12)NC1CCN(Cc2ccccc2)CC1. The molecular formula is C35H33N7O. The van der Waals surface area contributed by atoms with Gasteiger partial charge in [0.05, 0.1) is 11.9 Å². The molecule has 0 bridgehead atoms. The van der Waals surface area contributed by atoms with Crippen LogP contribution in [0.5, 0.6) is 0 Å².